The summed E-state index contributed by atoms with van der Waals surface area (Å²) < 4.78 is 5.22. The lowest BCUT2D eigenvalue weighted by atomic mass is 9.85. The molecule has 4 amide bonds. The van der Waals surface area contributed by atoms with Crippen molar-refractivity contribution in [2.45, 2.75) is 45.1 Å². The van der Waals surface area contributed by atoms with Crippen LogP contribution in [0.1, 0.15) is 91.1 Å². The maximum Gasteiger partial charge on any atom is 0.330 e. The van der Waals surface area contributed by atoms with Gasteiger partial charge in [0.1, 0.15) is 6.61 Å². The molecular weight excluding hydrogens is 556 g/mol. The number of imide groups is 2. The third-order valence-electron chi connectivity index (χ3n) is 8.73. The Hall–Kier alpha value is -5.37. The molecule has 2 heterocycles. The first-order valence-corrected chi connectivity index (χ1v) is 14.7. The molecule has 0 N–H and O–H groups in total. The number of allylic oxidation sites excluding steroid dienone is 1. The molecule has 4 aromatic carbocycles. The number of amides is 4. The van der Waals surface area contributed by atoms with Gasteiger partial charge in [0, 0.05) is 39.1 Å². The standard InChI is InChI=1S/C36H28N2O6/c1-2-6-30(39)44-20-21-7-5-10-25(19-21)38-35(42)28-17-15-26-31-27(16-18-29(32(28)31)36(38)43)34(41)37(33(26)40)24-13-11-23(12-14-24)22-8-3-4-9-22/h2,5-7,10-19,22H,3-4,8-9,20H2,1H3. The highest BCUT2D eigenvalue weighted by Crippen LogP contribution is 2.41. The molecule has 0 unspecified atom stereocenters. The van der Waals surface area contributed by atoms with Crippen LogP contribution in [0.5, 0.6) is 0 Å². The Kier molecular flexibility index (Phi) is 6.69. The molecule has 218 valence electrons. The topological polar surface area (TPSA) is 101 Å². The predicted molar refractivity (Wildman–Crippen MR) is 165 cm³/mol. The number of esters is 1. The molecule has 0 atom stereocenters. The third kappa shape index (κ3) is 4.33. The van der Waals surface area contributed by atoms with Gasteiger partial charge in [0.25, 0.3) is 23.6 Å². The molecule has 0 saturated heterocycles. The number of carbonyl (C=O) groups excluding carboxylic acids is 5. The first-order valence-electron chi connectivity index (χ1n) is 14.7. The molecule has 1 aliphatic carbocycles. The third-order valence-corrected chi connectivity index (χ3v) is 8.73. The summed E-state index contributed by atoms with van der Waals surface area (Å²) in [5, 5.41) is 0.625. The monoisotopic (exact) mass is 584 g/mol. The van der Waals surface area contributed by atoms with Crippen LogP contribution in [0.3, 0.4) is 0 Å². The number of anilines is 2. The number of hydrogen-bond donors (Lipinski definition) is 0. The van der Waals surface area contributed by atoms with E-state index in [0.29, 0.717) is 33.6 Å². The zero-order valence-corrected chi connectivity index (χ0v) is 24.0. The fourth-order valence-corrected chi connectivity index (χ4v) is 6.62. The lowest BCUT2D eigenvalue weighted by molar-refractivity contribution is -0.139. The van der Waals surface area contributed by atoms with E-state index < -0.39 is 29.6 Å². The van der Waals surface area contributed by atoms with Crippen molar-refractivity contribution in [2.75, 3.05) is 9.80 Å². The van der Waals surface area contributed by atoms with E-state index in [1.807, 2.05) is 24.3 Å². The summed E-state index contributed by atoms with van der Waals surface area (Å²) in [6.07, 6.45) is 7.59. The predicted octanol–water partition coefficient (Wildman–Crippen LogP) is 6.72. The second kappa shape index (κ2) is 10.7. The molecule has 4 aromatic rings. The van der Waals surface area contributed by atoms with Gasteiger partial charge in [-0.2, -0.15) is 0 Å². The smallest absolute Gasteiger partial charge is 0.330 e. The second-order valence-electron chi connectivity index (χ2n) is 11.3. The van der Waals surface area contributed by atoms with Gasteiger partial charge < -0.3 is 4.74 Å². The zero-order valence-electron chi connectivity index (χ0n) is 24.0. The van der Waals surface area contributed by atoms with Crippen LogP contribution in [0.4, 0.5) is 11.4 Å². The van der Waals surface area contributed by atoms with Crippen molar-refractivity contribution < 1.29 is 28.7 Å². The van der Waals surface area contributed by atoms with E-state index in [1.54, 1.807) is 61.5 Å². The second-order valence-corrected chi connectivity index (χ2v) is 11.3. The number of benzene rings is 4. The minimum absolute atomic E-state index is 0.0316. The van der Waals surface area contributed by atoms with E-state index in [2.05, 4.69) is 0 Å². The fraction of sp³-hybridized carbons (Fsp3) is 0.194. The molecule has 1 fully saturated rings. The van der Waals surface area contributed by atoms with Crippen LogP contribution in [0.2, 0.25) is 0 Å². The Morgan fingerprint density at radius 2 is 1.25 bits per heavy atom. The van der Waals surface area contributed by atoms with Crippen molar-refractivity contribution in [1.82, 2.24) is 0 Å². The van der Waals surface area contributed by atoms with Gasteiger partial charge in [0.15, 0.2) is 0 Å². The van der Waals surface area contributed by atoms with Gasteiger partial charge in [-0.3, -0.25) is 19.2 Å². The summed E-state index contributed by atoms with van der Waals surface area (Å²) in [4.78, 5) is 69.3. The zero-order chi connectivity index (χ0) is 30.5. The van der Waals surface area contributed by atoms with E-state index in [0.717, 1.165) is 17.7 Å². The highest BCUT2D eigenvalue weighted by molar-refractivity contribution is 6.42. The van der Waals surface area contributed by atoms with Gasteiger partial charge >= 0.3 is 5.97 Å². The number of nitrogens with zero attached hydrogens (tertiary/aromatic N) is 2. The van der Waals surface area contributed by atoms with Crippen LogP contribution < -0.4 is 9.80 Å². The minimum Gasteiger partial charge on any atom is -0.458 e. The highest BCUT2D eigenvalue weighted by Gasteiger charge is 2.40. The Morgan fingerprint density at radius 3 is 1.77 bits per heavy atom. The summed E-state index contributed by atoms with van der Waals surface area (Å²) in [7, 11) is 0. The van der Waals surface area contributed by atoms with Gasteiger partial charge in [-0.15, -0.1) is 0 Å². The van der Waals surface area contributed by atoms with Crippen LogP contribution >= 0.6 is 0 Å². The molecule has 44 heavy (non-hydrogen) atoms. The van der Waals surface area contributed by atoms with Crippen molar-refractivity contribution in [3.63, 3.8) is 0 Å². The molecule has 0 aromatic heterocycles. The molecular formula is C36H28N2O6. The Bertz CT molecular complexity index is 1860. The Morgan fingerprint density at radius 1 is 0.727 bits per heavy atom. The van der Waals surface area contributed by atoms with Crippen LogP contribution in [-0.2, 0) is 16.1 Å². The van der Waals surface area contributed by atoms with Gasteiger partial charge in [0.2, 0.25) is 0 Å². The largest absolute Gasteiger partial charge is 0.458 e. The summed E-state index contributed by atoms with van der Waals surface area (Å²) in [6, 6.07) is 20.5. The lowest BCUT2D eigenvalue weighted by Gasteiger charge is -2.32. The maximum absolute atomic E-state index is 13.8. The number of ether oxygens (including phenoxy) is 1. The first-order chi connectivity index (χ1) is 21.4. The lowest BCUT2D eigenvalue weighted by Crippen LogP contribution is -2.43. The minimum atomic E-state index is -0.570. The van der Waals surface area contributed by atoms with Crippen LogP contribution in [0.15, 0.2) is 84.9 Å². The number of hydrogen-bond acceptors (Lipinski definition) is 6. The van der Waals surface area contributed by atoms with Gasteiger partial charge in [0.05, 0.1) is 11.4 Å². The van der Waals surface area contributed by atoms with E-state index in [9.17, 15) is 24.0 Å². The molecule has 0 spiro atoms. The van der Waals surface area contributed by atoms with Crippen LogP contribution in [0.25, 0.3) is 10.8 Å². The molecule has 0 radical (unpaired) electrons. The average Bonchev–Trinajstić information content (AvgIpc) is 3.58. The van der Waals surface area contributed by atoms with Crippen molar-refractivity contribution >= 4 is 51.7 Å². The molecule has 7 rings (SSSR count). The molecule has 1 saturated carbocycles. The van der Waals surface area contributed by atoms with E-state index in [4.69, 9.17) is 4.74 Å². The highest BCUT2D eigenvalue weighted by atomic mass is 16.5. The van der Waals surface area contributed by atoms with Gasteiger partial charge in [-0.25, -0.2) is 14.6 Å². The van der Waals surface area contributed by atoms with Crippen LogP contribution in [0, 0.1) is 0 Å². The number of rotatable bonds is 6. The summed E-state index contributed by atoms with van der Waals surface area (Å²) >= 11 is 0. The molecule has 0 bridgehead atoms. The van der Waals surface area contributed by atoms with Crippen LogP contribution in [-0.4, -0.2) is 29.6 Å². The van der Waals surface area contributed by atoms with E-state index >= 15 is 0 Å². The van der Waals surface area contributed by atoms with Crippen molar-refractivity contribution in [3.05, 3.63) is 118 Å². The molecule has 2 aliphatic heterocycles. The Labute approximate surface area is 253 Å². The number of carbonyl (C=O) groups is 5. The molecule has 3 aliphatic rings. The normalized spacial score (nSPS) is 16.5. The van der Waals surface area contributed by atoms with Gasteiger partial charge in [-0.05, 0) is 85.3 Å². The summed E-state index contributed by atoms with van der Waals surface area (Å²) in [5.74, 6) is -2.13. The van der Waals surface area contributed by atoms with Gasteiger partial charge in [-0.1, -0.05) is 43.2 Å². The van der Waals surface area contributed by atoms with Crippen molar-refractivity contribution in [1.29, 1.82) is 0 Å². The quantitative estimate of drug-likeness (QED) is 0.142. The average molecular weight is 585 g/mol. The maximum atomic E-state index is 13.8. The van der Waals surface area contributed by atoms with E-state index in [1.165, 1.54) is 29.4 Å². The van der Waals surface area contributed by atoms with Crippen molar-refractivity contribution in [3.8, 4) is 0 Å². The van der Waals surface area contributed by atoms with Crippen molar-refractivity contribution in [2.24, 2.45) is 0 Å². The first kappa shape index (κ1) is 27.5. The Balaban J connectivity index is 1.24. The molecule has 8 nitrogen and oxygen atoms in total. The van der Waals surface area contributed by atoms with E-state index in [-0.39, 0.29) is 28.9 Å². The SMILES string of the molecule is CC=CC(=O)OCc1cccc(N2C(=O)c3ccc4c5c(ccc(c35)C2=O)C(=O)N(c2ccc(C3CCCC3)cc2)C4=O)c1. The summed E-state index contributed by atoms with van der Waals surface area (Å²) in [6.45, 7) is 1.68. The molecule has 8 heteroatoms. The fourth-order valence-electron chi connectivity index (χ4n) is 6.62. The summed E-state index contributed by atoms with van der Waals surface area (Å²) in [5.41, 5.74) is 3.58.